The number of para-hydroxylation sites is 2. The molecule has 4 heterocycles. The zero-order valence-corrected chi connectivity index (χ0v) is 30.0. The van der Waals surface area contributed by atoms with Gasteiger partial charge in [-0.2, -0.15) is 0 Å². The Morgan fingerprint density at radius 3 is 2.22 bits per heavy atom. The summed E-state index contributed by atoms with van der Waals surface area (Å²) in [6, 6.07) is 36.6. The minimum absolute atomic E-state index is 0. The monoisotopic (exact) mass is 825 g/mol. The van der Waals surface area contributed by atoms with E-state index < -0.39 is 13.7 Å². The summed E-state index contributed by atoms with van der Waals surface area (Å²) in [5, 5.41) is 2.16. The third kappa shape index (κ3) is 6.59. The minimum atomic E-state index is -2.18. The van der Waals surface area contributed by atoms with Gasteiger partial charge in [0.05, 0.1) is 16.9 Å². The average molecular weight is 825 g/mol. The Bertz CT molecular complexity index is 2510. The number of nitrogens with zero attached hydrogens (tertiary/aromatic N) is 4. The van der Waals surface area contributed by atoms with Crippen molar-refractivity contribution in [1.82, 2.24) is 19.5 Å². The molecule has 8 aromatic rings. The third-order valence-electron chi connectivity index (χ3n) is 8.40. The Labute approximate surface area is 309 Å². The van der Waals surface area contributed by atoms with Crippen LogP contribution in [0.1, 0.15) is 70.0 Å². The molecule has 0 fully saturated rings. The van der Waals surface area contributed by atoms with Crippen LogP contribution < -0.4 is 0 Å². The topological polar surface area (TPSA) is 56.7 Å². The molecule has 4 aromatic carbocycles. The molecule has 0 saturated carbocycles. The second-order valence-corrected chi connectivity index (χ2v) is 12.3. The standard InChI is InChI=1S/C30H26N3O.C13H12N.Ir/c1-18(2)20-11-7-12-21(19(3)4)27(20)33-29(32-25-15-9-17-31-30(25)33)24-14-8-13-23-22-10-5-6-16-26(22)34-28(23)24;1-10-3-6-12(7-4-10)13-8-5-11(2)9-14-13;/h5-13,15-19H,1-4H3;3-6,8-9H,1-2H3;/q2*-1;/i;1D3,2D3;. The quantitative estimate of drug-likeness (QED) is 0.162. The SMILES string of the molecule is CC(C)c1cccc(C(C)C)c1-n1c(-c2[c-]ccc3c2oc2ccccc23)nc2cccnc21.[2H]C([2H])([2H])c1c[c-]c(-c2ccc(C([2H])([2H])[2H])cn2)cc1.[Ir]. The number of hydrogen-bond donors (Lipinski definition) is 0. The molecule has 0 atom stereocenters. The maximum Gasteiger partial charge on any atom is 0.155 e. The molecule has 6 heteroatoms. The van der Waals surface area contributed by atoms with E-state index in [1.54, 1.807) is 12.1 Å². The Kier molecular flexibility index (Phi) is 7.87. The van der Waals surface area contributed by atoms with Crippen molar-refractivity contribution in [2.75, 3.05) is 0 Å². The van der Waals surface area contributed by atoms with Gasteiger partial charge in [-0.25, -0.2) is 4.98 Å². The predicted octanol–water partition coefficient (Wildman–Crippen LogP) is 11.2. The van der Waals surface area contributed by atoms with Gasteiger partial charge < -0.3 is 14.0 Å². The summed E-state index contributed by atoms with van der Waals surface area (Å²) in [6.07, 6.45) is 3.14. The van der Waals surface area contributed by atoms with E-state index >= 15 is 0 Å². The summed E-state index contributed by atoms with van der Waals surface area (Å²) in [7, 11) is 0. The molecule has 0 N–H and O–H groups in total. The molecule has 0 bridgehead atoms. The van der Waals surface area contributed by atoms with Crippen LogP contribution >= 0.6 is 0 Å². The summed E-state index contributed by atoms with van der Waals surface area (Å²) in [5.74, 6) is 1.48. The molecule has 0 unspecified atom stereocenters. The van der Waals surface area contributed by atoms with Crippen molar-refractivity contribution in [3.05, 3.63) is 144 Å². The number of hydrogen-bond acceptors (Lipinski definition) is 4. The van der Waals surface area contributed by atoms with Crippen LogP contribution in [0.4, 0.5) is 0 Å². The van der Waals surface area contributed by atoms with E-state index in [1.165, 1.54) is 35.5 Å². The molecule has 0 aliphatic rings. The first-order valence-corrected chi connectivity index (χ1v) is 16.0. The van der Waals surface area contributed by atoms with E-state index in [2.05, 4.69) is 79.7 Å². The Balaban J connectivity index is 0.000000211. The molecule has 0 spiro atoms. The molecular formula is C43H38IrN4O-2. The molecule has 1 radical (unpaired) electrons. The summed E-state index contributed by atoms with van der Waals surface area (Å²) >= 11 is 0. The maximum absolute atomic E-state index is 7.28. The fourth-order valence-corrected chi connectivity index (χ4v) is 6.06. The molecule has 0 saturated heterocycles. The van der Waals surface area contributed by atoms with Gasteiger partial charge in [-0.3, -0.25) is 4.98 Å². The predicted molar refractivity (Wildman–Crippen MR) is 197 cm³/mol. The molecule has 247 valence electrons. The first kappa shape index (κ1) is 27.0. The third-order valence-corrected chi connectivity index (χ3v) is 8.40. The van der Waals surface area contributed by atoms with Crippen molar-refractivity contribution in [3.63, 3.8) is 0 Å². The summed E-state index contributed by atoms with van der Waals surface area (Å²) in [4.78, 5) is 13.9. The summed E-state index contributed by atoms with van der Waals surface area (Å²) in [5.41, 5.74) is 9.46. The van der Waals surface area contributed by atoms with E-state index in [1.807, 2.05) is 42.6 Å². The van der Waals surface area contributed by atoms with Crippen LogP contribution in [0.15, 0.2) is 114 Å². The van der Waals surface area contributed by atoms with Crippen LogP contribution in [0, 0.1) is 25.8 Å². The van der Waals surface area contributed by atoms with Crippen LogP contribution in [0.2, 0.25) is 0 Å². The summed E-state index contributed by atoms with van der Waals surface area (Å²) < 4.78 is 52.2. The second kappa shape index (κ2) is 14.3. The number of benzene rings is 4. The van der Waals surface area contributed by atoms with Gasteiger partial charge in [0, 0.05) is 51.8 Å². The van der Waals surface area contributed by atoms with Gasteiger partial charge in [-0.05, 0) is 59.3 Å². The Morgan fingerprint density at radius 1 is 0.755 bits per heavy atom. The number of aromatic nitrogens is 4. The number of pyridine rings is 2. The van der Waals surface area contributed by atoms with Crippen molar-refractivity contribution < 1.29 is 32.7 Å². The Hall–Kier alpha value is -4.90. The van der Waals surface area contributed by atoms with Gasteiger partial charge in [-0.15, -0.1) is 53.6 Å². The van der Waals surface area contributed by atoms with Gasteiger partial charge in [0.15, 0.2) is 5.65 Å². The zero-order valence-electron chi connectivity index (χ0n) is 33.6. The van der Waals surface area contributed by atoms with Crippen molar-refractivity contribution in [2.45, 2.75) is 53.2 Å². The molecule has 0 amide bonds. The number of imidazole rings is 1. The van der Waals surface area contributed by atoms with Crippen LogP contribution in [0.25, 0.3) is 61.4 Å². The van der Waals surface area contributed by atoms with Crippen LogP contribution in [0.5, 0.6) is 0 Å². The van der Waals surface area contributed by atoms with E-state index in [4.69, 9.17) is 22.6 Å². The van der Waals surface area contributed by atoms with Crippen LogP contribution in [-0.4, -0.2) is 19.5 Å². The van der Waals surface area contributed by atoms with Crippen molar-refractivity contribution in [3.8, 4) is 28.3 Å². The number of aryl methyl sites for hydroxylation is 2. The van der Waals surface area contributed by atoms with Gasteiger partial charge >= 0.3 is 0 Å². The zero-order chi connectivity index (χ0) is 38.4. The molecular weight excluding hydrogens is 781 g/mol. The molecule has 5 nitrogen and oxygen atoms in total. The molecule has 49 heavy (non-hydrogen) atoms. The van der Waals surface area contributed by atoms with Crippen molar-refractivity contribution in [1.29, 1.82) is 0 Å². The largest absolute Gasteiger partial charge is 0.501 e. The number of furan rings is 1. The molecule has 8 rings (SSSR count). The normalized spacial score (nSPS) is 13.6. The van der Waals surface area contributed by atoms with E-state index in [0.29, 0.717) is 23.1 Å². The minimum Gasteiger partial charge on any atom is -0.501 e. The second-order valence-electron chi connectivity index (χ2n) is 12.3. The summed E-state index contributed by atoms with van der Waals surface area (Å²) in [6.45, 7) is 4.61. The first-order chi connectivity index (χ1) is 25.7. The maximum atomic E-state index is 7.28. The Morgan fingerprint density at radius 2 is 1.53 bits per heavy atom. The average Bonchev–Trinajstić information content (AvgIpc) is 3.73. The molecule has 0 aliphatic heterocycles. The molecule has 4 aromatic heterocycles. The van der Waals surface area contributed by atoms with Crippen LogP contribution in [-0.2, 0) is 20.1 Å². The van der Waals surface area contributed by atoms with Gasteiger partial charge in [-0.1, -0.05) is 94.0 Å². The van der Waals surface area contributed by atoms with Gasteiger partial charge in [0.25, 0.3) is 0 Å². The van der Waals surface area contributed by atoms with Crippen LogP contribution in [0.3, 0.4) is 0 Å². The first-order valence-electron chi connectivity index (χ1n) is 19.0. The van der Waals surface area contributed by atoms with E-state index in [-0.39, 0.29) is 31.2 Å². The number of fused-ring (bicyclic) bond motifs is 4. The van der Waals surface area contributed by atoms with Crippen molar-refractivity contribution in [2.24, 2.45) is 0 Å². The van der Waals surface area contributed by atoms with Crippen molar-refractivity contribution >= 4 is 33.1 Å². The van der Waals surface area contributed by atoms with Gasteiger partial charge in [0.2, 0.25) is 0 Å². The number of rotatable bonds is 5. The smallest absolute Gasteiger partial charge is 0.155 e. The fraction of sp³-hybridized carbons (Fsp3) is 0.186. The van der Waals surface area contributed by atoms with E-state index in [0.717, 1.165) is 50.2 Å². The van der Waals surface area contributed by atoms with Gasteiger partial charge in [0.1, 0.15) is 5.58 Å². The van der Waals surface area contributed by atoms with E-state index in [9.17, 15) is 0 Å². The fourth-order valence-electron chi connectivity index (χ4n) is 6.06. The molecule has 0 aliphatic carbocycles.